The third-order valence-electron chi connectivity index (χ3n) is 2.91. The molecule has 0 aliphatic rings. The number of carbonyl (C=O) groups excluding carboxylic acids is 1. The lowest BCUT2D eigenvalue weighted by atomic mass is 10.1. The Labute approximate surface area is 118 Å². The lowest BCUT2D eigenvalue weighted by Crippen LogP contribution is -2.23. The molecule has 0 saturated carbocycles. The molecular weight excluding hydrogens is 254 g/mol. The third kappa shape index (κ3) is 3.57. The van der Waals surface area contributed by atoms with Gasteiger partial charge in [0.05, 0.1) is 6.20 Å². The molecule has 2 aromatic rings. The maximum Gasteiger partial charge on any atom is 0.251 e. The van der Waals surface area contributed by atoms with Crippen molar-refractivity contribution in [3.05, 3.63) is 41.3 Å². The van der Waals surface area contributed by atoms with Crippen molar-refractivity contribution in [1.29, 1.82) is 0 Å². The van der Waals surface area contributed by atoms with Gasteiger partial charge in [0.1, 0.15) is 5.82 Å². The number of aromatic nitrogens is 3. The number of hydrogen-bond donors (Lipinski definition) is 3. The van der Waals surface area contributed by atoms with E-state index >= 15 is 0 Å². The Bertz CT molecular complexity index is 565. The molecule has 0 unspecified atom stereocenters. The second kappa shape index (κ2) is 6.70. The number of pyridine rings is 1. The fourth-order valence-corrected chi connectivity index (χ4v) is 1.89. The summed E-state index contributed by atoms with van der Waals surface area (Å²) in [5, 5.41) is 12.4. The second-order valence-electron chi connectivity index (χ2n) is 4.52. The van der Waals surface area contributed by atoms with Crippen LogP contribution in [0.2, 0.25) is 0 Å². The largest absolute Gasteiger partial charge is 0.373 e. The molecule has 0 aliphatic heterocycles. The van der Waals surface area contributed by atoms with Crippen LogP contribution >= 0.6 is 0 Å². The molecule has 1 amide bonds. The molecule has 0 aromatic carbocycles. The zero-order chi connectivity index (χ0) is 14.4. The van der Waals surface area contributed by atoms with Crippen LogP contribution in [0.3, 0.4) is 0 Å². The van der Waals surface area contributed by atoms with Crippen molar-refractivity contribution in [2.45, 2.75) is 26.3 Å². The first kappa shape index (κ1) is 14.0. The van der Waals surface area contributed by atoms with Gasteiger partial charge in [-0.1, -0.05) is 13.3 Å². The van der Waals surface area contributed by atoms with Gasteiger partial charge in [-0.15, -0.1) is 0 Å². The van der Waals surface area contributed by atoms with E-state index in [1.807, 2.05) is 6.07 Å². The van der Waals surface area contributed by atoms with Gasteiger partial charge in [0.2, 0.25) is 0 Å². The molecule has 0 bridgehead atoms. The van der Waals surface area contributed by atoms with E-state index in [2.05, 4.69) is 32.7 Å². The number of nitrogens with one attached hydrogen (secondary N) is 3. The monoisotopic (exact) mass is 273 g/mol. The van der Waals surface area contributed by atoms with Crippen LogP contribution in [0, 0.1) is 0 Å². The van der Waals surface area contributed by atoms with E-state index in [0.29, 0.717) is 17.9 Å². The van der Waals surface area contributed by atoms with E-state index in [9.17, 15) is 4.79 Å². The molecule has 0 atom stereocenters. The molecular formula is C14H19N5O. The van der Waals surface area contributed by atoms with Crippen LogP contribution < -0.4 is 10.6 Å². The highest BCUT2D eigenvalue weighted by molar-refractivity contribution is 5.94. The van der Waals surface area contributed by atoms with E-state index < -0.39 is 0 Å². The summed E-state index contributed by atoms with van der Waals surface area (Å²) in [4.78, 5) is 16.6. The van der Waals surface area contributed by atoms with Gasteiger partial charge in [0, 0.05) is 36.6 Å². The Morgan fingerprint density at radius 1 is 1.40 bits per heavy atom. The smallest absolute Gasteiger partial charge is 0.251 e. The van der Waals surface area contributed by atoms with Gasteiger partial charge in [-0.3, -0.25) is 9.89 Å². The van der Waals surface area contributed by atoms with Crippen LogP contribution in [0.1, 0.15) is 35.0 Å². The van der Waals surface area contributed by atoms with E-state index in [-0.39, 0.29) is 5.91 Å². The van der Waals surface area contributed by atoms with E-state index in [1.54, 1.807) is 25.5 Å². The molecule has 0 fully saturated rings. The highest BCUT2D eigenvalue weighted by atomic mass is 16.1. The number of carbonyl (C=O) groups is 1. The first-order valence-corrected chi connectivity index (χ1v) is 6.67. The van der Waals surface area contributed by atoms with Crippen molar-refractivity contribution in [3.63, 3.8) is 0 Å². The normalized spacial score (nSPS) is 10.3. The summed E-state index contributed by atoms with van der Waals surface area (Å²) in [6.45, 7) is 2.54. The van der Waals surface area contributed by atoms with Crippen LogP contribution in [-0.2, 0) is 13.0 Å². The maximum absolute atomic E-state index is 12.2. The quantitative estimate of drug-likeness (QED) is 0.748. The number of H-pyrrole nitrogens is 1. The van der Waals surface area contributed by atoms with Crippen molar-refractivity contribution in [2.24, 2.45) is 0 Å². The summed E-state index contributed by atoms with van der Waals surface area (Å²) in [6.07, 6.45) is 5.30. The minimum atomic E-state index is -0.109. The number of aromatic amines is 1. The van der Waals surface area contributed by atoms with Crippen molar-refractivity contribution >= 4 is 11.7 Å². The van der Waals surface area contributed by atoms with Crippen molar-refractivity contribution in [2.75, 3.05) is 12.4 Å². The third-order valence-corrected chi connectivity index (χ3v) is 2.91. The van der Waals surface area contributed by atoms with Gasteiger partial charge in [0.25, 0.3) is 5.91 Å². The molecule has 0 spiro atoms. The van der Waals surface area contributed by atoms with Crippen LogP contribution in [0.25, 0.3) is 0 Å². The predicted octanol–water partition coefficient (Wildman–Crippen LogP) is 1.73. The number of hydrogen-bond acceptors (Lipinski definition) is 4. The van der Waals surface area contributed by atoms with Crippen LogP contribution in [0.4, 0.5) is 5.82 Å². The molecule has 2 heterocycles. The Hall–Kier alpha value is -2.37. The lowest BCUT2D eigenvalue weighted by Gasteiger charge is -2.08. The molecule has 6 nitrogen and oxygen atoms in total. The summed E-state index contributed by atoms with van der Waals surface area (Å²) >= 11 is 0. The summed E-state index contributed by atoms with van der Waals surface area (Å²) < 4.78 is 0. The average Bonchev–Trinajstić information content (AvgIpc) is 2.98. The lowest BCUT2D eigenvalue weighted by molar-refractivity contribution is 0.0950. The fourth-order valence-electron chi connectivity index (χ4n) is 1.89. The van der Waals surface area contributed by atoms with Gasteiger partial charge in [-0.2, -0.15) is 5.10 Å². The second-order valence-corrected chi connectivity index (χ2v) is 4.52. The first-order chi connectivity index (χ1) is 9.72. The molecule has 2 rings (SSSR count). The maximum atomic E-state index is 12.2. The van der Waals surface area contributed by atoms with Crippen LogP contribution in [-0.4, -0.2) is 28.1 Å². The summed E-state index contributed by atoms with van der Waals surface area (Å²) in [5.41, 5.74) is 2.49. The van der Waals surface area contributed by atoms with E-state index in [4.69, 9.17) is 0 Å². The van der Waals surface area contributed by atoms with Crippen LogP contribution in [0.5, 0.6) is 0 Å². The number of nitrogens with zero attached hydrogens (tertiary/aromatic N) is 2. The number of aryl methyl sites for hydroxylation is 1. The van der Waals surface area contributed by atoms with Crippen molar-refractivity contribution in [3.8, 4) is 0 Å². The fraction of sp³-hybridized carbons (Fsp3) is 0.357. The zero-order valence-electron chi connectivity index (χ0n) is 11.7. The molecule has 0 aliphatic carbocycles. The van der Waals surface area contributed by atoms with Gasteiger partial charge in [-0.05, 0) is 18.6 Å². The Kier molecular flexibility index (Phi) is 4.70. The van der Waals surface area contributed by atoms with Gasteiger partial charge < -0.3 is 10.6 Å². The standard InChI is InChI=1S/C14H19N5O/c1-3-4-12-5-11(6-13(15-2)19-12)14(20)16-7-10-8-17-18-9-10/h5-6,8-9H,3-4,7H2,1-2H3,(H,15,19)(H,16,20)(H,17,18). The minimum absolute atomic E-state index is 0.109. The molecule has 2 aromatic heterocycles. The highest BCUT2D eigenvalue weighted by Crippen LogP contribution is 2.12. The Balaban J connectivity index is 2.09. The van der Waals surface area contributed by atoms with E-state index in [1.165, 1.54) is 0 Å². The average molecular weight is 273 g/mol. The number of anilines is 1. The minimum Gasteiger partial charge on any atom is -0.373 e. The summed E-state index contributed by atoms with van der Waals surface area (Å²) in [5.74, 6) is 0.604. The van der Waals surface area contributed by atoms with Gasteiger partial charge >= 0.3 is 0 Å². The van der Waals surface area contributed by atoms with Gasteiger partial charge in [0.15, 0.2) is 0 Å². The topological polar surface area (TPSA) is 82.7 Å². The van der Waals surface area contributed by atoms with Gasteiger partial charge in [-0.25, -0.2) is 4.98 Å². The first-order valence-electron chi connectivity index (χ1n) is 6.67. The molecule has 0 saturated heterocycles. The molecule has 20 heavy (non-hydrogen) atoms. The SMILES string of the molecule is CCCc1cc(C(=O)NCc2cn[nH]c2)cc(NC)n1. The zero-order valence-corrected chi connectivity index (χ0v) is 11.7. The molecule has 6 heteroatoms. The van der Waals surface area contributed by atoms with Crippen molar-refractivity contribution < 1.29 is 4.79 Å². The predicted molar refractivity (Wildman–Crippen MR) is 77.5 cm³/mol. The Morgan fingerprint density at radius 3 is 2.90 bits per heavy atom. The summed E-state index contributed by atoms with van der Waals surface area (Å²) in [7, 11) is 1.80. The molecule has 0 radical (unpaired) electrons. The van der Waals surface area contributed by atoms with Crippen molar-refractivity contribution in [1.82, 2.24) is 20.5 Å². The number of amides is 1. The highest BCUT2D eigenvalue weighted by Gasteiger charge is 2.09. The van der Waals surface area contributed by atoms with E-state index in [0.717, 1.165) is 24.1 Å². The molecule has 3 N–H and O–H groups in total. The molecule has 106 valence electrons. The number of rotatable bonds is 6. The Morgan fingerprint density at radius 2 is 2.25 bits per heavy atom. The summed E-state index contributed by atoms with van der Waals surface area (Å²) in [6, 6.07) is 3.60. The van der Waals surface area contributed by atoms with Crippen LogP contribution in [0.15, 0.2) is 24.5 Å².